The number of hydrogen-bond donors (Lipinski definition) is 2. The van der Waals surface area contributed by atoms with Crippen molar-refractivity contribution in [3.05, 3.63) is 0 Å². The van der Waals surface area contributed by atoms with Crippen molar-refractivity contribution in [2.75, 3.05) is 0 Å². The van der Waals surface area contributed by atoms with Crippen molar-refractivity contribution in [1.82, 2.24) is 0 Å². The molecule has 19 heavy (non-hydrogen) atoms. The molecule has 2 atom stereocenters. The van der Waals surface area contributed by atoms with Gasteiger partial charge < -0.3 is 10.8 Å². The zero-order valence-corrected chi connectivity index (χ0v) is 14.3. The van der Waals surface area contributed by atoms with Crippen molar-refractivity contribution in [3.63, 3.8) is 0 Å². The van der Waals surface area contributed by atoms with Gasteiger partial charge in [-0.05, 0) is 27.2 Å². The van der Waals surface area contributed by atoms with Gasteiger partial charge in [0.25, 0.3) is 0 Å². The third-order valence-corrected chi connectivity index (χ3v) is 3.91. The van der Waals surface area contributed by atoms with Crippen molar-refractivity contribution in [1.29, 1.82) is 0 Å². The summed E-state index contributed by atoms with van der Waals surface area (Å²) < 4.78 is 0. The van der Waals surface area contributed by atoms with E-state index in [1.807, 2.05) is 20.8 Å². The molecular weight excluding hydrogens is 258 g/mol. The molecule has 0 rings (SSSR count). The van der Waals surface area contributed by atoms with Crippen LogP contribution in [-0.4, -0.2) is 16.7 Å². The number of aliphatic hydroxyl groups excluding tert-OH is 1. The zero-order valence-electron chi connectivity index (χ0n) is 13.5. The summed E-state index contributed by atoms with van der Waals surface area (Å²) in [5.74, 6) is 0.220. The summed E-state index contributed by atoms with van der Waals surface area (Å²) in [6, 6.07) is 0. The highest BCUT2D eigenvalue weighted by Crippen LogP contribution is 2.24. The second-order valence-electron chi connectivity index (χ2n) is 6.43. The number of aliphatic hydroxyl groups is 1. The van der Waals surface area contributed by atoms with Crippen molar-refractivity contribution >= 4 is 12.4 Å². The largest absolute Gasteiger partial charge is 0.393 e. The quantitative estimate of drug-likeness (QED) is 0.544. The molecule has 118 valence electrons. The van der Waals surface area contributed by atoms with E-state index in [4.69, 9.17) is 5.73 Å². The maximum Gasteiger partial charge on any atom is 0.0557 e. The van der Waals surface area contributed by atoms with E-state index in [2.05, 4.69) is 6.92 Å². The van der Waals surface area contributed by atoms with E-state index in [0.717, 1.165) is 6.42 Å². The highest BCUT2D eigenvalue weighted by Gasteiger charge is 2.28. The van der Waals surface area contributed by atoms with Gasteiger partial charge in [-0.25, -0.2) is 0 Å². The zero-order chi connectivity index (χ0) is 14.0. The lowest BCUT2D eigenvalue weighted by atomic mass is 9.81. The predicted molar refractivity (Wildman–Crippen MR) is 87.9 cm³/mol. The second kappa shape index (κ2) is 12.0. The molecule has 0 bridgehead atoms. The van der Waals surface area contributed by atoms with Crippen LogP contribution in [0.25, 0.3) is 0 Å². The van der Waals surface area contributed by atoms with Gasteiger partial charge in [-0.3, -0.25) is 0 Å². The molecule has 0 aromatic heterocycles. The Balaban J connectivity index is 0. The van der Waals surface area contributed by atoms with Gasteiger partial charge in [0.1, 0.15) is 0 Å². The molecule has 0 fully saturated rings. The minimum atomic E-state index is -0.297. The standard InChI is InChI=1S/C16H35NO.ClH/c1-5-6-7-8-9-10-11-12-13-15(14(2)18)16(3,4)17;/h14-15,18H,5-13,17H2,1-4H3;1H. The van der Waals surface area contributed by atoms with Crippen molar-refractivity contribution in [2.45, 2.75) is 97.1 Å². The van der Waals surface area contributed by atoms with Crippen molar-refractivity contribution in [2.24, 2.45) is 11.7 Å². The molecule has 0 saturated carbocycles. The van der Waals surface area contributed by atoms with E-state index in [1.165, 1.54) is 51.4 Å². The molecular formula is C16H36ClNO. The summed E-state index contributed by atoms with van der Waals surface area (Å²) in [5.41, 5.74) is 5.85. The molecule has 2 unspecified atom stereocenters. The third kappa shape index (κ3) is 11.7. The Morgan fingerprint density at radius 3 is 1.74 bits per heavy atom. The molecule has 0 aliphatic rings. The lowest BCUT2D eigenvalue weighted by Crippen LogP contribution is -2.45. The summed E-state index contributed by atoms with van der Waals surface area (Å²) in [7, 11) is 0. The van der Waals surface area contributed by atoms with Crippen LogP contribution >= 0.6 is 12.4 Å². The van der Waals surface area contributed by atoms with Gasteiger partial charge in [-0.1, -0.05) is 58.3 Å². The van der Waals surface area contributed by atoms with Crippen LogP contribution in [0, 0.1) is 5.92 Å². The van der Waals surface area contributed by atoms with Gasteiger partial charge >= 0.3 is 0 Å². The molecule has 0 heterocycles. The topological polar surface area (TPSA) is 46.2 Å². The fraction of sp³-hybridized carbons (Fsp3) is 1.00. The third-order valence-electron chi connectivity index (χ3n) is 3.91. The Hall–Kier alpha value is 0.210. The minimum absolute atomic E-state index is 0. The summed E-state index contributed by atoms with van der Waals surface area (Å²) in [6.07, 6.45) is 11.4. The van der Waals surface area contributed by atoms with Crippen LogP contribution in [0.4, 0.5) is 0 Å². The molecule has 0 aromatic carbocycles. The molecule has 3 N–H and O–H groups in total. The number of hydrogen-bond acceptors (Lipinski definition) is 2. The smallest absolute Gasteiger partial charge is 0.0557 e. The molecule has 0 radical (unpaired) electrons. The summed E-state index contributed by atoms with van der Waals surface area (Å²) >= 11 is 0. The maximum absolute atomic E-state index is 9.77. The first-order chi connectivity index (χ1) is 8.39. The first-order valence-corrected chi connectivity index (χ1v) is 7.86. The first kappa shape index (κ1) is 21.5. The Morgan fingerprint density at radius 2 is 1.37 bits per heavy atom. The number of nitrogens with two attached hydrogens (primary N) is 1. The van der Waals surface area contributed by atoms with E-state index >= 15 is 0 Å². The lowest BCUT2D eigenvalue weighted by Gasteiger charge is -2.33. The van der Waals surface area contributed by atoms with E-state index in [1.54, 1.807) is 0 Å². The van der Waals surface area contributed by atoms with E-state index in [-0.39, 0.29) is 30.0 Å². The Bertz CT molecular complexity index is 190. The predicted octanol–water partition coefficient (Wildman–Crippen LogP) is 4.67. The van der Waals surface area contributed by atoms with Crippen LogP contribution in [0.3, 0.4) is 0 Å². The summed E-state index contributed by atoms with van der Waals surface area (Å²) in [4.78, 5) is 0. The van der Waals surface area contributed by atoms with E-state index < -0.39 is 0 Å². The fourth-order valence-corrected chi connectivity index (χ4v) is 2.73. The first-order valence-electron chi connectivity index (χ1n) is 7.86. The number of unbranched alkanes of at least 4 members (excludes halogenated alkanes) is 7. The molecule has 0 aliphatic carbocycles. The normalized spacial score (nSPS) is 14.8. The molecule has 2 nitrogen and oxygen atoms in total. The van der Waals surface area contributed by atoms with Crippen molar-refractivity contribution < 1.29 is 5.11 Å². The van der Waals surface area contributed by atoms with Gasteiger partial charge in [0, 0.05) is 11.5 Å². The van der Waals surface area contributed by atoms with Crippen LogP contribution in [0.5, 0.6) is 0 Å². The molecule has 0 aromatic rings. The number of rotatable bonds is 11. The lowest BCUT2D eigenvalue weighted by molar-refractivity contribution is 0.0771. The van der Waals surface area contributed by atoms with Crippen LogP contribution in [0.15, 0.2) is 0 Å². The van der Waals surface area contributed by atoms with Gasteiger partial charge in [-0.15, -0.1) is 12.4 Å². The summed E-state index contributed by atoms with van der Waals surface area (Å²) in [6.45, 7) is 8.17. The van der Waals surface area contributed by atoms with Gasteiger partial charge in [0.05, 0.1) is 6.10 Å². The van der Waals surface area contributed by atoms with Gasteiger partial charge in [-0.2, -0.15) is 0 Å². The molecule has 0 amide bonds. The molecule has 0 spiro atoms. The Morgan fingerprint density at radius 1 is 0.947 bits per heavy atom. The average Bonchev–Trinajstić information content (AvgIpc) is 2.24. The molecule has 3 heteroatoms. The van der Waals surface area contributed by atoms with Crippen LogP contribution in [0.1, 0.15) is 85.5 Å². The number of halogens is 1. The highest BCUT2D eigenvalue weighted by molar-refractivity contribution is 5.85. The monoisotopic (exact) mass is 293 g/mol. The Kier molecular flexibility index (Phi) is 13.6. The minimum Gasteiger partial charge on any atom is -0.393 e. The van der Waals surface area contributed by atoms with Crippen LogP contribution in [-0.2, 0) is 0 Å². The Labute approximate surface area is 127 Å². The fourth-order valence-electron chi connectivity index (χ4n) is 2.73. The van der Waals surface area contributed by atoms with Crippen molar-refractivity contribution in [3.8, 4) is 0 Å². The van der Waals surface area contributed by atoms with E-state index in [9.17, 15) is 5.11 Å². The van der Waals surface area contributed by atoms with Gasteiger partial charge in [0.2, 0.25) is 0 Å². The summed E-state index contributed by atoms with van der Waals surface area (Å²) in [5, 5.41) is 9.77. The average molecular weight is 294 g/mol. The van der Waals surface area contributed by atoms with Crippen LogP contribution < -0.4 is 5.73 Å². The maximum atomic E-state index is 9.77. The molecule has 0 aliphatic heterocycles. The SMILES string of the molecule is CCCCCCCCCCC(C(C)O)C(C)(C)N.Cl. The second-order valence-corrected chi connectivity index (χ2v) is 6.43. The van der Waals surface area contributed by atoms with E-state index in [0.29, 0.717) is 0 Å². The molecule has 0 saturated heterocycles. The van der Waals surface area contributed by atoms with Gasteiger partial charge in [0.15, 0.2) is 0 Å². The van der Waals surface area contributed by atoms with Crippen LogP contribution in [0.2, 0.25) is 0 Å². The highest BCUT2D eigenvalue weighted by atomic mass is 35.5.